The topological polar surface area (TPSA) is 111 Å². The average Bonchev–Trinajstić information content (AvgIpc) is 3.22. The summed E-state index contributed by atoms with van der Waals surface area (Å²) in [6.07, 6.45) is -0.650. The standard InChI is InChI=1S/C23H27N5O4/c1-16(29)24-17-6-8-19(9-7-17)32-15-18(30)14-27-10-12-28(13-11-27)23(31)22-20-4-2-3-5-21(20)25-26-22/h2-9,18,30H,10-15H2,1H3,(H,24,29)(H,25,26). The summed E-state index contributed by atoms with van der Waals surface area (Å²) in [7, 11) is 0. The van der Waals surface area contributed by atoms with Crippen molar-refractivity contribution in [1.29, 1.82) is 0 Å². The summed E-state index contributed by atoms with van der Waals surface area (Å²) in [4.78, 5) is 27.9. The molecule has 32 heavy (non-hydrogen) atoms. The fourth-order valence-corrected chi connectivity index (χ4v) is 3.79. The zero-order chi connectivity index (χ0) is 22.5. The van der Waals surface area contributed by atoms with Crippen LogP contribution in [0.25, 0.3) is 10.9 Å². The number of amides is 2. The highest BCUT2D eigenvalue weighted by molar-refractivity contribution is 6.04. The molecular weight excluding hydrogens is 410 g/mol. The molecule has 9 heteroatoms. The molecule has 168 valence electrons. The van der Waals surface area contributed by atoms with Gasteiger partial charge < -0.3 is 20.1 Å². The van der Waals surface area contributed by atoms with Gasteiger partial charge in [0, 0.05) is 50.7 Å². The van der Waals surface area contributed by atoms with E-state index in [0.717, 1.165) is 10.9 Å². The molecular formula is C23H27N5O4. The number of rotatable bonds is 7. The number of nitrogens with one attached hydrogen (secondary N) is 2. The third kappa shape index (κ3) is 5.24. The largest absolute Gasteiger partial charge is 0.491 e. The number of carbonyl (C=O) groups excluding carboxylic acids is 2. The molecule has 0 bridgehead atoms. The second-order valence-electron chi connectivity index (χ2n) is 7.88. The van der Waals surface area contributed by atoms with Crippen molar-refractivity contribution in [2.24, 2.45) is 0 Å². The lowest BCUT2D eigenvalue weighted by Crippen LogP contribution is -2.51. The summed E-state index contributed by atoms with van der Waals surface area (Å²) < 4.78 is 5.65. The monoisotopic (exact) mass is 437 g/mol. The van der Waals surface area contributed by atoms with Crippen LogP contribution in [0.4, 0.5) is 5.69 Å². The number of hydrogen-bond donors (Lipinski definition) is 3. The fraction of sp³-hybridized carbons (Fsp3) is 0.348. The third-order valence-corrected chi connectivity index (χ3v) is 5.42. The third-order valence-electron chi connectivity index (χ3n) is 5.42. The molecule has 2 aromatic carbocycles. The molecule has 2 amide bonds. The molecule has 0 spiro atoms. The molecule has 3 aromatic rings. The normalized spacial score (nSPS) is 15.5. The van der Waals surface area contributed by atoms with E-state index in [1.54, 1.807) is 29.2 Å². The van der Waals surface area contributed by atoms with Crippen molar-refractivity contribution >= 4 is 28.4 Å². The summed E-state index contributed by atoms with van der Waals surface area (Å²) in [6, 6.07) is 14.6. The second kappa shape index (κ2) is 9.80. The van der Waals surface area contributed by atoms with Gasteiger partial charge in [-0.2, -0.15) is 5.10 Å². The molecule has 1 atom stereocenters. The summed E-state index contributed by atoms with van der Waals surface area (Å²) >= 11 is 0. The first-order valence-corrected chi connectivity index (χ1v) is 10.6. The van der Waals surface area contributed by atoms with E-state index in [0.29, 0.717) is 49.9 Å². The smallest absolute Gasteiger partial charge is 0.275 e. The maximum atomic E-state index is 12.9. The number of aromatic nitrogens is 2. The molecule has 4 rings (SSSR count). The number of para-hydroxylation sites is 1. The number of aliphatic hydroxyl groups excluding tert-OH is 1. The number of anilines is 1. The highest BCUT2D eigenvalue weighted by atomic mass is 16.5. The van der Waals surface area contributed by atoms with Gasteiger partial charge in [0.05, 0.1) is 5.52 Å². The van der Waals surface area contributed by atoms with E-state index in [-0.39, 0.29) is 18.4 Å². The molecule has 1 aliphatic rings. The molecule has 1 aliphatic heterocycles. The first-order valence-electron chi connectivity index (χ1n) is 10.6. The van der Waals surface area contributed by atoms with E-state index in [9.17, 15) is 14.7 Å². The maximum absolute atomic E-state index is 12.9. The molecule has 0 radical (unpaired) electrons. The van der Waals surface area contributed by atoms with Crippen molar-refractivity contribution in [3.8, 4) is 5.75 Å². The Kier molecular flexibility index (Phi) is 6.67. The number of aromatic amines is 1. The van der Waals surface area contributed by atoms with Crippen molar-refractivity contribution in [3.63, 3.8) is 0 Å². The molecule has 1 aromatic heterocycles. The highest BCUT2D eigenvalue weighted by Gasteiger charge is 2.26. The summed E-state index contributed by atoms with van der Waals surface area (Å²) in [5, 5.41) is 21.0. The minimum atomic E-state index is -0.650. The van der Waals surface area contributed by atoms with Gasteiger partial charge in [-0.3, -0.25) is 19.6 Å². The Labute approximate surface area is 186 Å². The average molecular weight is 438 g/mol. The Balaban J connectivity index is 1.22. The van der Waals surface area contributed by atoms with Crippen molar-refractivity contribution in [2.75, 3.05) is 44.6 Å². The molecule has 1 unspecified atom stereocenters. The van der Waals surface area contributed by atoms with E-state index in [2.05, 4.69) is 20.4 Å². The minimum absolute atomic E-state index is 0.0753. The molecule has 0 saturated carbocycles. The quantitative estimate of drug-likeness (QED) is 0.519. The van der Waals surface area contributed by atoms with Gasteiger partial charge in [0.2, 0.25) is 5.91 Å². The van der Waals surface area contributed by atoms with Crippen LogP contribution in [-0.2, 0) is 4.79 Å². The van der Waals surface area contributed by atoms with Crippen LogP contribution in [0.15, 0.2) is 48.5 Å². The van der Waals surface area contributed by atoms with Crippen molar-refractivity contribution in [2.45, 2.75) is 13.0 Å². The number of ether oxygens (including phenoxy) is 1. The van der Waals surface area contributed by atoms with Gasteiger partial charge in [-0.25, -0.2) is 0 Å². The predicted molar refractivity (Wildman–Crippen MR) is 121 cm³/mol. The van der Waals surface area contributed by atoms with Gasteiger partial charge in [0.15, 0.2) is 5.69 Å². The number of fused-ring (bicyclic) bond motifs is 1. The van der Waals surface area contributed by atoms with E-state index in [1.807, 2.05) is 24.3 Å². The van der Waals surface area contributed by atoms with Crippen LogP contribution in [0.1, 0.15) is 17.4 Å². The van der Waals surface area contributed by atoms with Crippen molar-refractivity contribution in [1.82, 2.24) is 20.0 Å². The van der Waals surface area contributed by atoms with E-state index >= 15 is 0 Å². The maximum Gasteiger partial charge on any atom is 0.275 e. The lowest BCUT2D eigenvalue weighted by Gasteiger charge is -2.35. The van der Waals surface area contributed by atoms with Crippen LogP contribution in [0, 0.1) is 0 Å². The van der Waals surface area contributed by atoms with Crippen LogP contribution < -0.4 is 10.1 Å². The van der Waals surface area contributed by atoms with Gasteiger partial charge in [0.25, 0.3) is 5.91 Å². The Morgan fingerprint density at radius 1 is 1.12 bits per heavy atom. The number of benzene rings is 2. The lowest BCUT2D eigenvalue weighted by molar-refractivity contribution is -0.114. The van der Waals surface area contributed by atoms with Crippen molar-refractivity contribution in [3.05, 3.63) is 54.2 Å². The first-order chi connectivity index (χ1) is 15.5. The SMILES string of the molecule is CC(=O)Nc1ccc(OCC(O)CN2CCN(C(=O)c3n[nH]c4ccccc34)CC2)cc1. The number of hydrogen-bond acceptors (Lipinski definition) is 6. The van der Waals surface area contributed by atoms with E-state index < -0.39 is 6.10 Å². The number of piperazine rings is 1. The van der Waals surface area contributed by atoms with Gasteiger partial charge >= 0.3 is 0 Å². The Morgan fingerprint density at radius 3 is 2.56 bits per heavy atom. The van der Waals surface area contributed by atoms with E-state index in [1.165, 1.54) is 6.92 Å². The van der Waals surface area contributed by atoms with Gasteiger partial charge in [0.1, 0.15) is 18.5 Å². The van der Waals surface area contributed by atoms with Crippen LogP contribution in [-0.4, -0.2) is 82.4 Å². The zero-order valence-corrected chi connectivity index (χ0v) is 18.0. The Hall–Kier alpha value is -3.43. The van der Waals surface area contributed by atoms with Crippen LogP contribution in [0.2, 0.25) is 0 Å². The number of β-amino-alcohol motifs (C(OH)–C–C–N with tert-alkyl or cyclic N) is 1. The van der Waals surface area contributed by atoms with Crippen LogP contribution >= 0.6 is 0 Å². The molecule has 9 nitrogen and oxygen atoms in total. The number of nitrogens with zero attached hydrogens (tertiary/aromatic N) is 3. The Bertz CT molecular complexity index is 1070. The molecule has 2 heterocycles. The van der Waals surface area contributed by atoms with Gasteiger partial charge in [-0.1, -0.05) is 18.2 Å². The first kappa shape index (κ1) is 21.8. The summed E-state index contributed by atoms with van der Waals surface area (Å²) in [5.74, 6) is 0.419. The summed E-state index contributed by atoms with van der Waals surface area (Å²) in [6.45, 7) is 4.61. The minimum Gasteiger partial charge on any atom is -0.491 e. The zero-order valence-electron chi connectivity index (χ0n) is 18.0. The fourth-order valence-electron chi connectivity index (χ4n) is 3.79. The van der Waals surface area contributed by atoms with Gasteiger partial charge in [-0.05, 0) is 30.3 Å². The summed E-state index contributed by atoms with van der Waals surface area (Å²) in [5.41, 5.74) is 2.00. The highest BCUT2D eigenvalue weighted by Crippen LogP contribution is 2.18. The second-order valence-corrected chi connectivity index (χ2v) is 7.88. The number of H-pyrrole nitrogens is 1. The van der Waals surface area contributed by atoms with Crippen LogP contribution in [0.5, 0.6) is 5.75 Å². The molecule has 1 saturated heterocycles. The van der Waals surface area contributed by atoms with E-state index in [4.69, 9.17) is 4.74 Å². The molecule has 0 aliphatic carbocycles. The van der Waals surface area contributed by atoms with Gasteiger partial charge in [-0.15, -0.1) is 0 Å². The van der Waals surface area contributed by atoms with Crippen molar-refractivity contribution < 1.29 is 19.4 Å². The molecule has 1 fully saturated rings. The lowest BCUT2D eigenvalue weighted by atomic mass is 10.2. The number of aliphatic hydroxyl groups is 1. The Morgan fingerprint density at radius 2 is 1.84 bits per heavy atom. The van der Waals surface area contributed by atoms with Crippen LogP contribution in [0.3, 0.4) is 0 Å². The number of carbonyl (C=O) groups is 2. The predicted octanol–water partition coefficient (Wildman–Crippen LogP) is 1.72. The molecule has 3 N–H and O–H groups in total.